The van der Waals surface area contributed by atoms with E-state index in [-0.39, 0.29) is 18.1 Å². The van der Waals surface area contributed by atoms with Crippen LogP contribution in [0.2, 0.25) is 0 Å². The van der Waals surface area contributed by atoms with Crippen molar-refractivity contribution < 1.29 is 18.0 Å². The van der Waals surface area contributed by atoms with Crippen LogP contribution in [-0.2, 0) is 19.1 Å². The minimum atomic E-state index is -4.58. The van der Waals surface area contributed by atoms with Gasteiger partial charge in [-0.05, 0) is 25.5 Å². The van der Waals surface area contributed by atoms with Crippen LogP contribution < -0.4 is 5.32 Å². The standard InChI is InChI=1S/C17H15F3N6OS/c1-3-10-13(28-16(25-10)14-21-5-4-6-22-14)15(27)23-8-12-24-9(2)7-11(26-12)17(18,19)20/h4-7H,3,8H2,1-2H3,(H,23,27). The van der Waals surface area contributed by atoms with Gasteiger partial charge in [0.15, 0.2) is 10.8 Å². The van der Waals surface area contributed by atoms with Crippen molar-refractivity contribution in [3.8, 4) is 10.8 Å². The number of aryl methyl sites for hydroxylation is 2. The first kappa shape index (κ1) is 19.8. The minimum absolute atomic E-state index is 0.116. The molecule has 3 rings (SSSR count). The van der Waals surface area contributed by atoms with Crippen molar-refractivity contribution >= 4 is 17.2 Å². The Morgan fingerprint density at radius 2 is 1.89 bits per heavy atom. The molecule has 0 aromatic carbocycles. The van der Waals surface area contributed by atoms with Crippen molar-refractivity contribution in [3.05, 3.63) is 52.3 Å². The lowest BCUT2D eigenvalue weighted by molar-refractivity contribution is -0.141. The molecule has 3 heterocycles. The summed E-state index contributed by atoms with van der Waals surface area (Å²) < 4.78 is 38.6. The molecule has 7 nitrogen and oxygen atoms in total. The van der Waals surface area contributed by atoms with E-state index in [0.29, 0.717) is 27.8 Å². The molecule has 0 atom stereocenters. The van der Waals surface area contributed by atoms with Gasteiger partial charge < -0.3 is 5.32 Å². The lowest BCUT2D eigenvalue weighted by Crippen LogP contribution is -2.25. The van der Waals surface area contributed by atoms with Crippen LogP contribution in [0.15, 0.2) is 24.5 Å². The highest BCUT2D eigenvalue weighted by atomic mass is 32.1. The molecule has 0 aliphatic carbocycles. The number of carbonyl (C=O) groups is 1. The molecule has 11 heteroatoms. The van der Waals surface area contributed by atoms with Gasteiger partial charge in [0.2, 0.25) is 0 Å². The maximum Gasteiger partial charge on any atom is 0.433 e. The van der Waals surface area contributed by atoms with Crippen LogP contribution in [0, 0.1) is 6.92 Å². The molecule has 3 aromatic heterocycles. The molecule has 28 heavy (non-hydrogen) atoms. The molecule has 0 unspecified atom stereocenters. The van der Waals surface area contributed by atoms with Crippen molar-refractivity contribution in [3.63, 3.8) is 0 Å². The third-order valence-corrected chi connectivity index (χ3v) is 4.69. The van der Waals surface area contributed by atoms with E-state index in [1.54, 1.807) is 18.5 Å². The SMILES string of the molecule is CCc1nc(-c2ncccn2)sc1C(=O)NCc1nc(C)cc(C(F)(F)F)n1. The predicted octanol–water partition coefficient (Wildman–Crippen LogP) is 3.21. The lowest BCUT2D eigenvalue weighted by Gasteiger charge is -2.09. The fraction of sp³-hybridized carbons (Fsp3) is 0.294. The summed E-state index contributed by atoms with van der Waals surface area (Å²) in [6.45, 7) is 3.05. The van der Waals surface area contributed by atoms with Gasteiger partial charge in [-0.3, -0.25) is 4.79 Å². The summed E-state index contributed by atoms with van der Waals surface area (Å²) >= 11 is 1.12. The Kier molecular flexibility index (Phi) is 5.63. The number of thiazole rings is 1. The molecule has 0 saturated heterocycles. The lowest BCUT2D eigenvalue weighted by atomic mass is 10.3. The third kappa shape index (κ3) is 4.47. The second-order valence-electron chi connectivity index (χ2n) is 5.71. The molecule has 0 fully saturated rings. The Morgan fingerprint density at radius 3 is 2.54 bits per heavy atom. The number of hydrogen-bond acceptors (Lipinski definition) is 7. The Hall–Kier alpha value is -2.95. The van der Waals surface area contributed by atoms with Crippen molar-refractivity contribution in [1.29, 1.82) is 0 Å². The van der Waals surface area contributed by atoms with Gasteiger partial charge in [-0.2, -0.15) is 13.2 Å². The fourth-order valence-electron chi connectivity index (χ4n) is 2.37. The van der Waals surface area contributed by atoms with E-state index in [9.17, 15) is 18.0 Å². The molecule has 0 aliphatic heterocycles. The summed E-state index contributed by atoms with van der Waals surface area (Å²) in [6, 6.07) is 2.53. The van der Waals surface area contributed by atoms with Crippen LogP contribution in [0.4, 0.5) is 13.2 Å². The van der Waals surface area contributed by atoms with Crippen molar-refractivity contribution in [2.45, 2.75) is 33.0 Å². The Bertz CT molecular complexity index is 990. The first-order valence-electron chi connectivity index (χ1n) is 8.25. The smallest absolute Gasteiger partial charge is 0.344 e. The van der Waals surface area contributed by atoms with Gasteiger partial charge in [-0.25, -0.2) is 24.9 Å². The molecule has 0 saturated carbocycles. The molecule has 146 valence electrons. The van der Waals surface area contributed by atoms with Gasteiger partial charge in [0, 0.05) is 18.1 Å². The topological polar surface area (TPSA) is 93.5 Å². The summed E-state index contributed by atoms with van der Waals surface area (Å²) in [7, 11) is 0. The Balaban J connectivity index is 1.79. The number of nitrogens with one attached hydrogen (secondary N) is 1. The third-order valence-electron chi connectivity index (χ3n) is 3.59. The predicted molar refractivity (Wildman–Crippen MR) is 95.5 cm³/mol. The molecular weight excluding hydrogens is 393 g/mol. The van der Waals surface area contributed by atoms with Gasteiger partial charge >= 0.3 is 6.18 Å². The fourth-order valence-corrected chi connectivity index (χ4v) is 3.39. The second kappa shape index (κ2) is 7.97. The molecule has 1 amide bonds. The summed E-state index contributed by atoms with van der Waals surface area (Å²) in [4.78, 5) is 32.9. The average Bonchev–Trinajstić information content (AvgIpc) is 3.10. The van der Waals surface area contributed by atoms with Crippen LogP contribution >= 0.6 is 11.3 Å². The van der Waals surface area contributed by atoms with E-state index in [2.05, 4.69) is 30.2 Å². The van der Waals surface area contributed by atoms with E-state index in [0.717, 1.165) is 17.4 Å². The van der Waals surface area contributed by atoms with E-state index < -0.39 is 17.8 Å². The van der Waals surface area contributed by atoms with Crippen molar-refractivity contribution in [2.75, 3.05) is 0 Å². The first-order chi connectivity index (χ1) is 13.3. The van der Waals surface area contributed by atoms with E-state index in [1.807, 2.05) is 6.92 Å². The number of alkyl halides is 3. The summed E-state index contributed by atoms with van der Waals surface area (Å²) in [5.41, 5.74) is -0.312. The zero-order valence-electron chi connectivity index (χ0n) is 14.9. The van der Waals surface area contributed by atoms with Crippen LogP contribution in [-0.4, -0.2) is 30.8 Å². The largest absolute Gasteiger partial charge is 0.433 e. The van der Waals surface area contributed by atoms with Gasteiger partial charge in [-0.15, -0.1) is 11.3 Å². The molecule has 0 bridgehead atoms. The monoisotopic (exact) mass is 408 g/mol. The number of hydrogen-bond donors (Lipinski definition) is 1. The van der Waals surface area contributed by atoms with E-state index >= 15 is 0 Å². The van der Waals surface area contributed by atoms with Gasteiger partial charge in [0.05, 0.1) is 12.2 Å². The molecule has 3 aromatic rings. The minimum Gasteiger partial charge on any atom is -0.344 e. The highest BCUT2D eigenvalue weighted by Gasteiger charge is 2.33. The van der Waals surface area contributed by atoms with Gasteiger partial charge in [0.1, 0.15) is 16.4 Å². The molecule has 1 N–H and O–H groups in total. The molecular formula is C17H15F3N6OS. The van der Waals surface area contributed by atoms with Crippen LogP contribution in [0.1, 0.15) is 39.5 Å². The van der Waals surface area contributed by atoms with Gasteiger partial charge in [0.25, 0.3) is 5.91 Å². The Morgan fingerprint density at radius 1 is 1.18 bits per heavy atom. The first-order valence-corrected chi connectivity index (χ1v) is 9.06. The van der Waals surface area contributed by atoms with Crippen LogP contribution in [0.25, 0.3) is 10.8 Å². The number of nitrogens with zero attached hydrogens (tertiary/aromatic N) is 5. The van der Waals surface area contributed by atoms with Crippen LogP contribution in [0.3, 0.4) is 0 Å². The summed E-state index contributed by atoms with van der Waals surface area (Å²) in [6.07, 6.45) is -0.930. The molecule has 0 radical (unpaired) electrons. The zero-order chi connectivity index (χ0) is 20.3. The number of halogens is 3. The number of amides is 1. The van der Waals surface area contributed by atoms with E-state index in [4.69, 9.17) is 0 Å². The van der Waals surface area contributed by atoms with Crippen molar-refractivity contribution in [1.82, 2.24) is 30.2 Å². The highest BCUT2D eigenvalue weighted by molar-refractivity contribution is 7.17. The molecule has 0 spiro atoms. The average molecular weight is 408 g/mol. The second-order valence-corrected chi connectivity index (χ2v) is 6.71. The summed E-state index contributed by atoms with van der Waals surface area (Å²) in [5.74, 6) is -0.178. The number of aromatic nitrogens is 5. The van der Waals surface area contributed by atoms with Crippen LogP contribution in [0.5, 0.6) is 0 Å². The van der Waals surface area contributed by atoms with Gasteiger partial charge in [-0.1, -0.05) is 6.92 Å². The molecule has 0 aliphatic rings. The number of rotatable bonds is 5. The quantitative estimate of drug-likeness (QED) is 0.697. The maximum atomic E-state index is 12.9. The van der Waals surface area contributed by atoms with Crippen molar-refractivity contribution in [2.24, 2.45) is 0 Å². The summed E-state index contributed by atoms with van der Waals surface area (Å²) in [5, 5.41) is 3.05. The maximum absolute atomic E-state index is 12.9. The number of carbonyl (C=O) groups excluding carboxylic acids is 1. The normalized spacial score (nSPS) is 11.5. The zero-order valence-corrected chi connectivity index (χ0v) is 15.7. The Labute approximate surface area is 162 Å². The highest BCUT2D eigenvalue weighted by Crippen LogP contribution is 2.28. The van der Waals surface area contributed by atoms with E-state index in [1.165, 1.54) is 6.92 Å².